The number of carbonyl (C=O) groups excluding carboxylic acids is 1. The Morgan fingerprint density at radius 2 is 2.45 bits per heavy atom. The molecular weight excluding hydrogens is 165 g/mol. The van der Waals surface area contributed by atoms with Crippen LogP contribution in [0.4, 0.5) is 0 Å². The molecule has 0 saturated carbocycles. The third-order valence-corrected chi connectivity index (χ3v) is 2.36. The summed E-state index contributed by atoms with van der Waals surface area (Å²) < 4.78 is 6.27. The molecule has 1 rings (SSSR count). The van der Waals surface area contributed by atoms with E-state index in [1.165, 1.54) is 7.11 Å². The Morgan fingerprint density at radius 1 is 1.82 bits per heavy atom. The minimum Gasteiger partial charge on any atom is -0.468 e. The molecule has 0 aromatic heterocycles. The summed E-state index contributed by atoms with van der Waals surface area (Å²) in [6.07, 6.45) is 0.0625. The zero-order chi connectivity index (χ0) is 8.43. The van der Waals surface area contributed by atoms with Crippen molar-refractivity contribution in [1.29, 1.82) is 0 Å². The molecule has 0 bridgehead atoms. The highest BCUT2D eigenvalue weighted by atomic mass is 31.0. The second-order valence-electron chi connectivity index (χ2n) is 2.63. The summed E-state index contributed by atoms with van der Waals surface area (Å²) >= 11 is 0. The van der Waals surface area contributed by atoms with E-state index in [0.717, 1.165) is 0 Å². The molecule has 1 fully saturated rings. The first kappa shape index (κ1) is 8.91. The number of nitrogens with zero attached hydrogens (tertiary/aromatic N) is 1. The number of hydrogen-bond donors (Lipinski definition) is 1. The molecule has 0 aromatic rings. The Morgan fingerprint density at radius 3 is 2.82 bits per heavy atom. The molecular formula is C6H12NO3P. The van der Waals surface area contributed by atoms with Crippen molar-refractivity contribution in [3.8, 4) is 0 Å². The van der Waals surface area contributed by atoms with E-state index in [9.17, 15) is 4.79 Å². The number of aliphatic hydroxyl groups is 1. The van der Waals surface area contributed by atoms with Gasteiger partial charge in [-0.3, -0.25) is 9.46 Å². The summed E-state index contributed by atoms with van der Waals surface area (Å²) in [6, 6.07) is -0.292. The maximum Gasteiger partial charge on any atom is 0.323 e. The molecule has 1 saturated heterocycles. The lowest BCUT2D eigenvalue weighted by Crippen LogP contribution is -2.29. The molecule has 5 heteroatoms. The topological polar surface area (TPSA) is 49.8 Å². The van der Waals surface area contributed by atoms with Crippen LogP contribution < -0.4 is 0 Å². The van der Waals surface area contributed by atoms with Crippen molar-refractivity contribution in [2.45, 2.75) is 18.6 Å². The molecule has 11 heavy (non-hydrogen) atoms. The minimum atomic E-state index is -0.406. The highest BCUT2D eigenvalue weighted by Gasteiger charge is 2.34. The lowest BCUT2D eigenvalue weighted by Gasteiger charge is -2.14. The fourth-order valence-electron chi connectivity index (χ4n) is 1.21. The summed E-state index contributed by atoms with van der Waals surface area (Å²) in [5.41, 5.74) is 0. The molecule has 0 amide bonds. The fourth-order valence-corrected chi connectivity index (χ4v) is 1.69. The summed E-state index contributed by atoms with van der Waals surface area (Å²) in [6.45, 7) is 0.518. The first-order valence-corrected chi connectivity index (χ1v) is 3.94. The van der Waals surface area contributed by atoms with Crippen LogP contribution in [0.3, 0.4) is 0 Å². The van der Waals surface area contributed by atoms with Crippen molar-refractivity contribution >= 4 is 15.4 Å². The Bertz CT molecular complexity index is 164. The third kappa shape index (κ3) is 1.89. The van der Waals surface area contributed by atoms with E-state index < -0.39 is 6.10 Å². The van der Waals surface area contributed by atoms with Crippen LogP contribution in [-0.4, -0.2) is 41.5 Å². The number of ether oxygens (including phenoxy) is 1. The Hall–Kier alpha value is -0.180. The van der Waals surface area contributed by atoms with Crippen LogP contribution >= 0.6 is 9.39 Å². The van der Waals surface area contributed by atoms with Gasteiger partial charge in [0.2, 0.25) is 0 Å². The van der Waals surface area contributed by atoms with Crippen molar-refractivity contribution in [2.24, 2.45) is 0 Å². The number of hydrogen-bond acceptors (Lipinski definition) is 4. The highest BCUT2D eigenvalue weighted by Crippen LogP contribution is 2.21. The van der Waals surface area contributed by atoms with E-state index in [-0.39, 0.29) is 12.0 Å². The molecule has 1 unspecified atom stereocenters. The number of β-amino-alcohol motifs (C(OH)–C–C–N with tert-alkyl or cyclic N) is 1. The standard InChI is InChI=1S/C6H12NO3P/c1-10-6(9)5-2-4(8)3-7(5)11/h4-5,8H,2-3,11H2,1H3/t4-,5+/m1/s1. The fraction of sp³-hybridized carbons (Fsp3) is 0.833. The Kier molecular flexibility index (Phi) is 2.82. The predicted molar refractivity (Wildman–Crippen MR) is 42.8 cm³/mol. The van der Waals surface area contributed by atoms with Crippen LogP contribution in [0.2, 0.25) is 0 Å². The van der Waals surface area contributed by atoms with Gasteiger partial charge in [-0.25, -0.2) is 0 Å². The minimum absolute atomic E-state index is 0.281. The number of carbonyl (C=O) groups is 1. The van der Waals surface area contributed by atoms with Crippen LogP contribution in [0, 0.1) is 0 Å². The third-order valence-electron chi connectivity index (χ3n) is 1.79. The van der Waals surface area contributed by atoms with E-state index in [0.29, 0.717) is 13.0 Å². The average Bonchev–Trinajstić information content (AvgIpc) is 2.28. The van der Waals surface area contributed by atoms with Crippen LogP contribution in [0.15, 0.2) is 0 Å². The van der Waals surface area contributed by atoms with E-state index in [2.05, 4.69) is 14.1 Å². The zero-order valence-corrected chi connectivity index (χ0v) is 7.51. The number of esters is 1. The van der Waals surface area contributed by atoms with Crippen molar-refractivity contribution in [1.82, 2.24) is 4.67 Å². The Balaban J connectivity index is 2.52. The maximum absolute atomic E-state index is 11.0. The monoisotopic (exact) mass is 177 g/mol. The molecule has 0 spiro atoms. The van der Waals surface area contributed by atoms with Gasteiger partial charge in [0.15, 0.2) is 0 Å². The Labute approximate surface area is 67.8 Å². The van der Waals surface area contributed by atoms with Gasteiger partial charge in [-0.2, -0.15) is 0 Å². The quantitative estimate of drug-likeness (QED) is 0.428. The summed E-state index contributed by atoms with van der Waals surface area (Å²) in [5.74, 6) is -0.281. The molecule has 1 aliphatic heterocycles. The van der Waals surface area contributed by atoms with Gasteiger partial charge in [-0.1, -0.05) is 9.39 Å². The lowest BCUT2D eigenvalue weighted by molar-refractivity contribution is -0.144. The van der Waals surface area contributed by atoms with Crippen LogP contribution in [0.5, 0.6) is 0 Å². The van der Waals surface area contributed by atoms with Gasteiger partial charge in [-0.15, -0.1) is 0 Å². The predicted octanol–water partition coefficient (Wildman–Crippen LogP) is -0.615. The van der Waals surface area contributed by atoms with Gasteiger partial charge in [0, 0.05) is 13.0 Å². The lowest BCUT2D eigenvalue weighted by atomic mass is 10.2. The van der Waals surface area contributed by atoms with Gasteiger partial charge < -0.3 is 9.84 Å². The number of aliphatic hydroxyl groups excluding tert-OH is 1. The van der Waals surface area contributed by atoms with E-state index in [1.54, 1.807) is 4.67 Å². The van der Waals surface area contributed by atoms with Crippen molar-refractivity contribution in [3.05, 3.63) is 0 Å². The molecule has 0 aliphatic carbocycles. The average molecular weight is 177 g/mol. The van der Waals surface area contributed by atoms with E-state index >= 15 is 0 Å². The van der Waals surface area contributed by atoms with Crippen LogP contribution in [0.1, 0.15) is 6.42 Å². The van der Waals surface area contributed by atoms with Gasteiger partial charge >= 0.3 is 5.97 Å². The van der Waals surface area contributed by atoms with Crippen LogP contribution in [-0.2, 0) is 9.53 Å². The molecule has 1 aliphatic rings. The normalized spacial score (nSPS) is 32.3. The van der Waals surface area contributed by atoms with Crippen LogP contribution in [0.25, 0.3) is 0 Å². The molecule has 64 valence electrons. The molecule has 4 nitrogen and oxygen atoms in total. The molecule has 1 heterocycles. The second kappa shape index (κ2) is 3.48. The van der Waals surface area contributed by atoms with Gasteiger partial charge in [0.05, 0.1) is 13.2 Å². The smallest absolute Gasteiger partial charge is 0.323 e. The summed E-state index contributed by atoms with van der Waals surface area (Å²) in [4.78, 5) is 11.0. The summed E-state index contributed by atoms with van der Waals surface area (Å²) in [5, 5.41) is 9.15. The zero-order valence-electron chi connectivity index (χ0n) is 6.36. The largest absolute Gasteiger partial charge is 0.468 e. The molecule has 0 radical (unpaired) electrons. The van der Waals surface area contributed by atoms with E-state index in [4.69, 9.17) is 5.11 Å². The van der Waals surface area contributed by atoms with Gasteiger partial charge in [0.1, 0.15) is 6.04 Å². The second-order valence-corrected chi connectivity index (χ2v) is 3.29. The SMILES string of the molecule is COC(=O)[C@@H]1C[C@@H](O)CN1P. The molecule has 0 aromatic carbocycles. The highest BCUT2D eigenvalue weighted by molar-refractivity contribution is 7.13. The summed E-state index contributed by atoms with van der Waals surface area (Å²) in [7, 11) is 3.76. The number of methoxy groups -OCH3 is 1. The van der Waals surface area contributed by atoms with Crippen molar-refractivity contribution in [3.63, 3.8) is 0 Å². The van der Waals surface area contributed by atoms with Gasteiger partial charge in [0.25, 0.3) is 0 Å². The first-order valence-electron chi connectivity index (χ1n) is 3.42. The van der Waals surface area contributed by atoms with Crippen molar-refractivity contribution < 1.29 is 14.6 Å². The van der Waals surface area contributed by atoms with Crippen molar-refractivity contribution in [2.75, 3.05) is 13.7 Å². The molecule has 1 N–H and O–H groups in total. The first-order chi connectivity index (χ1) is 5.15. The van der Waals surface area contributed by atoms with E-state index in [1.807, 2.05) is 0 Å². The number of rotatable bonds is 1. The molecule has 3 atom stereocenters. The van der Waals surface area contributed by atoms with Gasteiger partial charge in [-0.05, 0) is 0 Å². The maximum atomic E-state index is 11.0.